The molecule has 1 aromatic carbocycles. The number of carbonyl (C=O) groups is 1. The van der Waals surface area contributed by atoms with Gasteiger partial charge in [0.05, 0.1) is 5.69 Å². The van der Waals surface area contributed by atoms with Crippen LogP contribution < -0.4 is 15.8 Å². The topological polar surface area (TPSA) is 64.3 Å². The van der Waals surface area contributed by atoms with E-state index in [2.05, 4.69) is 5.32 Å². The zero-order chi connectivity index (χ0) is 14.7. The zero-order valence-corrected chi connectivity index (χ0v) is 11.3. The Kier molecular flexibility index (Phi) is 4.42. The van der Waals surface area contributed by atoms with Crippen molar-refractivity contribution in [2.24, 2.45) is 0 Å². The lowest BCUT2D eigenvalue weighted by atomic mass is 10.2. The van der Waals surface area contributed by atoms with Crippen LogP contribution in [-0.4, -0.2) is 18.1 Å². The zero-order valence-electron chi connectivity index (χ0n) is 11.3. The van der Waals surface area contributed by atoms with Gasteiger partial charge < -0.3 is 15.8 Å². The molecule has 0 heterocycles. The fraction of sp³-hybridized carbons (Fsp3) is 0.500. The van der Waals surface area contributed by atoms with Crippen molar-refractivity contribution in [1.82, 2.24) is 5.32 Å². The third-order valence-electron chi connectivity index (χ3n) is 3.43. The molecule has 1 atom stereocenters. The van der Waals surface area contributed by atoms with E-state index < -0.39 is 17.7 Å². The average Bonchev–Trinajstić information content (AvgIpc) is 2.88. The molecule has 1 unspecified atom stereocenters. The Morgan fingerprint density at radius 2 is 2.00 bits per heavy atom. The van der Waals surface area contributed by atoms with Gasteiger partial charge in [-0.3, -0.25) is 4.79 Å². The summed E-state index contributed by atoms with van der Waals surface area (Å²) in [6, 6.07) is 1.84. The first-order valence-corrected chi connectivity index (χ1v) is 6.69. The third-order valence-corrected chi connectivity index (χ3v) is 3.43. The summed E-state index contributed by atoms with van der Waals surface area (Å²) in [5.74, 6) is -2.20. The fourth-order valence-electron chi connectivity index (χ4n) is 2.27. The van der Waals surface area contributed by atoms with Gasteiger partial charge in [-0.1, -0.05) is 12.8 Å². The molecule has 0 bridgehead atoms. The van der Waals surface area contributed by atoms with E-state index in [0.29, 0.717) is 0 Å². The number of nitrogen functional groups attached to an aromatic ring is 1. The van der Waals surface area contributed by atoms with Crippen LogP contribution in [0.3, 0.4) is 0 Å². The first-order chi connectivity index (χ1) is 9.47. The molecule has 20 heavy (non-hydrogen) atoms. The van der Waals surface area contributed by atoms with Crippen LogP contribution in [0.1, 0.15) is 32.6 Å². The predicted octanol–water partition coefficient (Wildman–Crippen LogP) is 2.37. The number of rotatable bonds is 4. The van der Waals surface area contributed by atoms with E-state index in [-0.39, 0.29) is 23.4 Å². The van der Waals surface area contributed by atoms with Crippen molar-refractivity contribution in [1.29, 1.82) is 0 Å². The summed E-state index contributed by atoms with van der Waals surface area (Å²) in [6.45, 7) is 1.50. The average molecular weight is 284 g/mol. The van der Waals surface area contributed by atoms with Crippen molar-refractivity contribution in [3.63, 3.8) is 0 Å². The predicted molar refractivity (Wildman–Crippen MR) is 71.3 cm³/mol. The highest BCUT2D eigenvalue weighted by Gasteiger charge is 2.22. The summed E-state index contributed by atoms with van der Waals surface area (Å²) >= 11 is 0. The Hall–Kier alpha value is -1.85. The molecule has 0 spiro atoms. The van der Waals surface area contributed by atoms with Gasteiger partial charge in [0.1, 0.15) is 5.82 Å². The van der Waals surface area contributed by atoms with Crippen LogP contribution >= 0.6 is 0 Å². The fourth-order valence-corrected chi connectivity index (χ4v) is 2.27. The number of anilines is 1. The van der Waals surface area contributed by atoms with E-state index in [1.54, 1.807) is 0 Å². The number of halogens is 2. The molecule has 1 aliphatic rings. The number of hydrogen-bond donors (Lipinski definition) is 2. The van der Waals surface area contributed by atoms with E-state index in [9.17, 15) is 13.6 Å². The minimum atomic E-state index is -0.895. The van der Waals surface area contributed by atoms with Crippen molar-refractivity contribution in [2.45, 2.75) is 44.8 Å². The van der Waals surface area contributed by atoms with Gasteiger partial charge in [-0.05, 0) is 19.8 Å². The lowest BCUT2D eigenvalue weighted by molar-refractivity contribution is -0.128. The highest BCUT2D eigenvalue weighted by molar-refractivity contribution is 5.81. The van der Waals surface area contributed by atoms with Gasteiger partial charge in [0.25, 0.3) is 5.91 Å². The Bertz CT molecular complexity index is 502. The Labute approximate surface area is 116 Å². The van der Waals surface area contributed by atoms with Crippen LogP contribution in [0.15, 0.2) is 12.1 Å². The van der Waals surface area contributed by atoms with E-state index in [1.165, 1.54) is 6.92 Å². The number of amides is 1. The van der Waals surface area contributed by atoms with Gasteiger partial charge in [-0.2, -0.15) is 0 Å². The molecule has 1 saturated carbocycles. The van der Waals surface area contributed by atoms with Gasteiger partial charge >= 0.3 is 0 Å². The molecule has 3 N–H and O–H groups in total. The lowest BCUT2D eigenvalue weighted by Crippen LogP contribution is -2.41. The third kappa shape index (κ3) is 3.37. The monoisotopic (exact) mass is 284 g/mol. The van der Waals surface area contributed by atoms with Crippen LogP contribution in [0.4, 0.5) is 14.5 Å². The largest absolute Gasteiger partial charge is 0.478 e. The first-order valence-electron chi connectivity index (χ1n) is 6.69. The van der Waals surface area contributed by atoms with Crippen molar-refractivity contribution in [3.8, 4) is 5.75 Å². The van der Waals surface area contributed by atoms with Gasteiger partial charge in [-0.15, -0.1) is 0 Å². The minimum absolute atomic E-state index is 0.154. The quantitative estimate of drug-likeness (QED) is 0.834. The van der Waals surface area contributed by atoms with E-state index >= 15 is 0 Å². The van der Waals surface area contributed by atoms with E-state index in [0.717, 1.165) is 37.8 Å². The number of carbonyl (C=O) groups excluding carboxylic acids is 1. The molecule has 0 aliphatic heterocycles. The minimum Gasteiger partial charge on any atom is -0.478 e. The van der Waals surface area contributed by atoms with Crippen LogP contribution in [-0.2, 0) is 4.79 Å². The van der Waals surface area contributed by atoms with Crippen LogP contribution in [0, 0.1) is 11.6 Å². The molecular formula is C14H18F2N2O2. The van der Waals surface area contributed by atoms with E-state index in [1.807, 2.05) is 0 Å². The summed E-state index contributed by atoms with van der Waals surface area (Å²) in [6.07, 6.45) is 3.19. The number of hydrogen-bond acceptors (Lipinski definition) is 3. The molecule has 110 valence electrons. The van der Waals surface area contributed by atoms with Crippen LogP contribution in [0.2, 0.25) is 0 Å². The standard InChI is InChI=1S/C14H18F2N2O2/c1-8(14(19)18-9-4-2-3-5-9)20-13-7-10(15)12(17)6-11(13)16/h6-9H,2-5,17H2,1H3,(H,18,19). The molecule has 1 aliphatic carbocycles. The highest BCUT2D eigenvalue weighted by atomic mass is 19.1. The summed E-state index contributed by atoms with van der Waals surface area (Å²) in [5, 5.41) is 2.84. The first kappa shape index (κ1) is 14.6. The molecule has 1 fully saturated rings. The number of nitrogens with one attached hydrogen (secondary N) is 1. The molecule has 6 heteroatoms. The van der Waals surface area contributed by atoms with Gasteiger partial charge in [0.2, 0.25) is 0 Å². The molecule has 1 amide bonds. The van der Waals surface area contributed by atoms with Crippen molar-refractivity contribution >= 4 is 11.6 Å². The van der Waals surface area contributed by atoms with Crippen molar-refractivity contribution in [3.05, 3.63) is 23.8 Å². The maximum absolute atomic E-state index is 13.6. The molecule has 0 aromatic heterocycles. The van der Waals surface area contributed by atoms with Gasteiger partial charge in [-0.25, -0.2) is 8.78 Å². The molecular weight excluding hydrogens is 266 g/mol. The smallest absolute Gasteiger partial charge is 0.260 e. The van der Waals surface area contributed by atoms with E-state index in [4.69, 9.17) is 10.5 Å². The maximum atomic E-state index is 13.6. The molecule has 2 rings (SSSR count). The van der Waals surface area contributed by atoms with Crippen LogP contribution in [0.25, 0.3) is 0 Å². The van der Waals surface area contributed by atoms with Gasteiger partial charge in [0, 0.05) is 18.2 Å². The number of nitrogens with two attached hydrogens (primary N) is 1. The van der Waals surface area contributed by atoms with Gasteiger partial charge in [0.15, 0.2) is 17.7 Å². The van der Waals surface area contributed by atoms with Crippen molar-refractivity contribution < 1.29 is 18.3 Å². The second kappa shape index (κ2) is 6.07. The maximum Gasteiger partial charge on any atom is 0.260 e. The SMILES string of the molecule is CC(Oc1cc(F)c(N)cc1F)C(=O)NC1CCCC1. The summed E-state index contributed by atoms with van der Waals surface area (Å²) in [5.41, 5.74) is 4.95. The molecule has 0 radical (unpaired) electrons. The molecule has 0 saturated heterocycles. The lowest BCUT2D eigenvalue weighted by Gasteiger charge is -2.18. The number of ether oxygens (including phenoxy) is 1. The highest BCUT2D eigenvalue weighted by Crippen LogP contribution is 2.24. The number of benzene rings is 1. The molecule has 1 aromatic rings. The second-order valence-electron chi connectivity index (χ2n) is 5.05. The summed E-state index contributed by atoms with van der Waals surface area (Å²) in [7, 11) is 0. The Morgan fingerprint density at radius 1 is 1.35 bits per heavy atom. The second-order valence-corrected chi connectivity index (χ2v) is 5.05. The van der Waals surface area contributed by atoms with Crippen LogP contribution in [0.5, 0.6) is 5.75 Å². The van der Waals surface area contributed by atoms with Crippen molar-refractivity contribution in [2.75, 3.05) is 5.73 Å². The normalized spacial score (nSPS) is 16.9. The summed E-state index contributed by atoms with van der Waals surface area (Å²) in [4.78, 5) is 11.9. The Morgan fingerprint density at radius 3 is 2.65 bits per heavy atom. The Balaban J connectivity index is 1.98. The molecule has 4 nitrogen and oxygen atoms in total. The summed E-state index contributed by atoms with van der Waals surface area (Å²) < 4.78 is 32.0.